The summed E-state index contributed by atoms with van der Waals surface area (Å²) in [5.74, 6) is -0.0326. The van der Waals surface area contributed by atoms with Crippen molar-refractivity contribution in [2.45, 2.75) is 6.92 Å². The molecule has 0 aliphatic rings. The maximum atomic E-state index is 13.1. The lowest BCUT2D eigenvalue weighted by molar-refractivity contribution is 0.0950. The predicted octanol–water partition coefficient (Wildman–Crippen LogP) is 3.06. The van der Waals surface area contributed by atoms with Crippen LogP contribution >= 0.6 is 0 Å². The van der Waals surface area contributed by atoms with E-state index in [0.29, 0.717) is 41.1 Å². The van der Waals surface area contributed by atoms with Crippen molar-refractivity contribution in [3.63, 3.8) is 0 Å². The standard InChI is InChI=1S/C25H27N7O3S/c1-16-7-4-5-10-20(16)21-13-17-15-28-25(29-18-8-6-9-19(14-18)32-36(3,34)35)31-23(17)30-22(21)24(33)27-12-11-26-2/h4-10,13-15,26,32H,11-12H2,1-3H3,(H,27,33)(H,28,29,30,31). The number of pyridine rings is 1. The normalized spacial score (nSPS) is 11.3. The third-order valence-corrected chi connectivity index (χ3v) is 5.91. The van der Waals surface area contributed by atoms with Crippen LogP contribution in [0.25, 0.3) is 22.2 Å². The molecule has 4 aromatic rings. The van der Waals surface area contributed by atoms with Crippen LogP contribution in [0.15, 0.2) is 60.8 Å². The first-order valence-corrected chi connectivity index (χ1v) is 13.1. The number of sulfonamides is 1. The van der Waals surface area contributed by atoms with Crippen molar-refractivity contribution >= 4 is 44.3 Å². The van der Waals surface area contributed by atoms with Gasteiger partial charge in [0, 0.05) is 35.9 Å². The summed E-state index contributed by atoms with van der Waals surface area (Å²) < 4.78 is 25.5. The van der Waals surface area contributed by atoms with Gasteiger partial charge in [0.1, 0.15) is 5.69 Å². The predicted molar refractivity (Wildman–Crippen MR) is 142 cm³/mol. The Morgan fingerprint density at radius 1 is 0.944 bits per heavy atom. The lowest BCUT2D eigenvalue weighted by atomic mass is 9.98. The molecule has 2 aromatic heterocycles. The minimum absolute atomic E-state index is 0.261. The first-order valence-electron chi connectivity index (χ1n) is 11.2. The van der Waals surface area contributed by atoms with Crippen LogP contribution in [-0.2, 0) is 10.0 Å². The maximum absolute atomic E-state index is 13.1. The minimum atomic E-state index is -3.41. The van der Waals surface area contributed by atoms with E-state index in [1.807, 2.05) is 44.3 Å². The van der Waals surface area contributed by atoms with Crippen molar-refractivity contribution in [2.24, 2.45) is 0 Å². The molecule has 1 amide bonds. The quantitative estimate of drug-likeness (QED) is 0.255. The van der Waals surface area contributed by atoms with E-state index in [9.17, 15) is 13.2 Å². The summed E-state index contributed by atoms with van der Waals surface area (Å²) in [5, 5.41) is 9.64. The Bertz CT molecular complexity index is 1520. The first-order chi connectivity index (χ1) is 17.2. The van der Waals surface area contributed by atoms with E-state index >= 15 is 0 Å². The van der Waals surface area contributed by atoms with Crippen molar-refractivity contribution in [1.82, 2.24) is 25.6 Å². The summed E-state index contributed by atoms with van der Waals surface area (Å²) >= 11 is 0. The van der Waals surface area contributed by atoms with Crippen LogP contribution in [0.1, 0.15) is 16.1 Å². The third-order valence-electron chi connectivity index (χ3n) is 5.30. The van der Waals surface area contributed by atoms with Gasteiger partial charge in [-0.25, -0.2) is 18.4 Å². The molecule has 186 valence electrons. The number of amides is 1. The Balaban J connectivity index is 1.72. The van der Waals surface area contributed by atoms with Crippen LogP contribution < -0.4 is 20.7 Å². The van der Waals surface area contributed by atoms with Crippen molar-refractivity contribution in [2.75, 3.05) is 36.4 Å². The van der Waals surface area contributed by atoms with Crippen LogP contribution in [0.4, 0.5) is 17.3 Å². The molecule has 0 aliphatic carbocycles. The molecule has 36 heavy (non-hydrogen) atoms. The lowest BCUT2D eigenvalue weighted by Crippen LogP contribution is -2.31. The second kappa shape index (κ2) is 10.7. The van der Waals surface area contributed by atoms with E-state index in [0.717, 1.165) is 17.4 Å². The fraction of sp³-hybridized carbons (Fsp3) is 0.200. The Morgan fingerprint density at radius 2 is 1.72 bits per heavy atom. The zero-order valence-electron chi connectivity index (χ0n) is 20.2. The molecule has 4 N–H and O–H groups in total. The summed E-state index contributed by atoms with van der Waals surface area (Å²) in [6.45, 7) is 3.07. The van der Waals surface area contributed by atoms with Crippen LogP contribution in [0.2, 0.25) is 0 Å². The number of carbonyl (C=O) groups excluding carboxylic acids is 1. The SMILES string of the molecule is CNCCNC(=O)c1nc2nc(Nc3cccc(NS(C)(=O)=O)c3)ncc2cc1-c1ccccc1C. The van der Waals surface area contributed by atoms with Gasteiger partial charge < -0.3 is 16.0 Å². The highest BCUT2D eigenvalue weighted by Crippen LogP contribution is 2.29. The number of fused-ring (bicyclic) bond motifs is 1. The monoisotopic (exact) mass is 505 g/mol. The molecule has 0 fully saturated rings. The number of nitrogens with zero attached hydrogens (tertiary/aromatic N) is 3. The molecule has 0 bridgehead atoms. The topological polar surface area (TPSA) is 138 Å². The van der Waals surface area contributed by atoms with Gasteiger partial charge in [0.25, 0.3) is 5.91 Å². The maximum Gasteiger partial charge on any atom is 0.270 e. The first kappa shape index (κ1) is 25.0. The smallest absolute Gasteiger partial charge is 0.270 e. The molecular formula is C25H27N7O3S. The van der Waals surface area contributed by atoms with Gasteiger partial charge in [0.05, 0.1) is 11.9 Å². The highest BCUT2D eigenvalue weighted by molar-refractivity contribution is 7.92. The second-order valence-electron chi connectivity index (χ2n) is 8.25. The highest BCUT2D eigenvalue weighted by Gasteiger charge is 2.18. The zero-order valence-corrected chi connectivity index (χ0v) is 21.0. The van der Waals surface area contributed by atoms with Gasteiger partial charge in [-0.1, -0.05) is 30.3 Å². The number of nitrogens with one attached hydrogen (secondary N) is 4. The number of hydrogen-bond acceptors (Lipinski definition) is 8. The number of benzene rings is 2. The van der Waals surface area contributed by atoms with Crippen LogP contribution in [0.5, 0.6) is 0 Å². The molecule has 0 radical (unpaired) electrons. The van der Waals surface area contributed by atoms with Gasteiger partial charge in [0.2, 0.25) is 16.0 Å². The zero-order chi connectivity index (χ0) is 25.7. The molecule has 0 spiro atoms. The number of aryl methyl sites for hydroxylation is 1. The summed E-state index contributed by atoms with van der Waals surface area (Å²) in [4.78, 5) is 26.6. The summed E-state index contributed by atoms with van der Waals surface area (Å²) in [6, 6.07) is 16.4. The van der Waals surface area contributed by atoms with Gasteiger partial charge >= 0.3 is 0 Å². The van der Waals surface area contributed by atoms with E-state index < -0.39 is 10.0 Å². The number of carbonyl (C=O) groups is 1. The molecule has 0 saturated carbocycles. The van der Waals surface area contributed by atoms with Gasteiger partial charge in [0.15, 0.2) is 5.65 Å². The molecule has 10 nitrogen and oxygen atoms in total. The van der Waals surface area contributed by atoms with E-state index in [1.165, 1.54) is 0 Å². The fourth-order valence-corrected chi connectivity index (χ4v) is 4.22. The molecule has 0 saturated heterocycles. The fourth-order valence-electron chi connectivity index (χ4n) is 3.67. The Hall–Kier alpha value is -4.09. The average molecular weight is 506 g/mol. The van der Waals surface area contributed by atoms with Crippen molar-refractivity contribution in [3.05, 3.63) is 72.1 Å². The number of rotatable bonds is 9. The lowest BCUT2D eigenvalue weighted by Gasteiger charge is -2.13. The molecule has 0 unspecified atom stereocenters. The van der Waals surface area contributed by atoms with Crippen molar-refractivity contribution in [3.8, 4) is 11.1 Å². The summed E-state index contributed by atoms with van der Waals surface area (Å²) in [7, 11) is -1.59. The van der Waals surface area contributed by atoms with E-state index in [1.54, 1.807) is 30.5 Å². The molecule has 2 aromatic carbocycles. The Kier molecular flexibility index (Phi) is 7.41. The van der Waals surface area contributed by atoms with E-state index in [2.05, 4.69) is 35.6 Å². The third kappa shape index (κ3) is 6.12. The van der Waals surface area contributed by atoms with Crippen LogP contribution in [0.3, 0.4) is 0 Å². The summed E-state index contributed by atoms with van der Waals surface area (Å²) in [5.41, 5.74) is 4.25. The molecule has 0 aliphatic heterocycles. The van der Waals surface area contributed by atoms with E-state index in [-0.39, 0.29) is 17.5 Å². The number of hydrogen-bond donors (Lipinski definition) is 4. The average Bonchev–Trinajstić information content (AvgIpc) is 2.83. The number of anilines is 3. The van der Waals surface area contributed by atoms with Crippen LogP contribution in [0, 0.1) is 6.92 Å². The van der Waals surface area contributed by atoms with E-state index in [4.69, 9.17) is 0 Å². The van der Waals surface area contributed by atoms with Gasteiger partial charge in [-0.15, -0.1) is 0 Å². The van der Waals surface area contributed by atoms with Gasteiger partial charge in [-0.05, 0) is 49.4 Å². The van der Waals surface area contributed by atoms with Crippen molar-refractivity contribution < 1.29 is 13.2 Å². The molecule has 0 atom stereocenters. The molecule has 11 heteroatoms. The van der Waals surface area contributed by atoms with Crippen LogP contribution in [-0.4, -0.2) is 55.7 Å². The Labute approximate surface area is 209 Å². The second-order valence-corrected chi connectivity index (χ2v) is 9.99. The Morgan fingerprint density at radius 3 is 2.47 bits per heavy atom. The van der Waals surface area contributed by atoms with Gasteiger partial charge in [-0.2, -0.15) is 4.98 Å². The minimum Gasteiger partial charge on any atom is -0.349 e. The number of aromatic nitrogens is 3. The molecular weight excluding hydrogens is 478 g/mol. The molecule has 2 heterocycles. The van der Waals surface area contributed by atoms with Crippen molar-refractivity contribution in [1.29, 1.82) is 0 Å². The number of likely N-dealkylation sites (N-methyl/N-ethyl adjacent to an activating group) is 1. The molecule has 4 rings (SSSR count). The highest BCUT2D eigenvalue weighted by atomic mass is 32.2. The van der Waals surface area contributed by atoms with Gasteiger partial charge in [-0.3, -0.25) is 9.52 Å². The summed E-state index contributed by atoms with van der Waals surface area (Å²) in [6.07, 6.45) is 2.73. The largest absolute Gasteiger partial charge is 0.349 e.